The van der Waals surface area contributed by atoms with Crippen molar-refractivity contribution in [1.82, 2.24) is 14.8 Å². The number of pyridine rings is 1. The van der Waals surface area contributed by atoms with Crippen LogP contribution in [0.5, 0.6) is 0 Å². The number of nitrogens with zero attached hydrogens (tertiary/aromatic N) is 3. The highest BCUT2D eigenvalue weighted by Crippen LogP contribution is 2.22. The Kier molecular flexibility index (Phi) is 4.45. The van der Waals surface area contributed by atoms with E-state index in [9.17, 15) is 18.0 Å². The first-order valence-electron chi connectivity index (χ1n) is 7.10. The Morgan fingerprint density at radius 2 is 2.00 bits per heavy atom. The van der Waals surface area contributed by atoms with Crippen molar-refractivity contribution in [3.05, 3.63) is 70.2 Å². The molecule has 3 rings (SSSR count). The molecule has 0 saturated heterocycles. The molecule has 0 bridgehead atoms. The molecule has 24 heavy (non-hydrogen) atoms. The van der Waals surface area contributed by atoms with Gasteiger partial charge in [-0.05, 0) is 30.2 Å². The van der Waals surface area contributed by atoms with E-state index in [1.165, 1.54) is 35.0 Å². The van der Waals surface area contributed by atoms with E-state index < -0.39 is 12.3 Å². The average Bonchev–Trinajstić information content (AvgIpc) is 3.04. The molecule has 0 atom stereocenters. The van der Waals surface area contributed by atoms with Gasteiger partial charge in [-0.15, -0.1) is 10.2 Å². The van der Waals surface area contributed by atoms with Crippen LogP contribution in [0.4, 0.5) is 13.2 Å². The van der Waals surface area contributed by atoms with Crippen LogP contribution in [0.25, 0.3) is 11.5 Å². The zero-order chi connectivity index (χ0) is 17.1. The Balaban J connectivity index is 1.76. The first-order valence-corrected chi connectivity index (χ1v) is 7.10. The normalized spacial score (nSPS) is 11.2. The first kappa shape index (κ1) is 16.0. The molecule has 0 aliphatic heterocycles. The Hall–Kier alpha value is -2.90. The molecule has 0 N–H and O–H groups in total. The summed E-state index contributed by atoms with van der Waals surface area (Å²) in [5, 5.41) is 6.71. The van der Waals surface area contributed by atoms with Crippen molar-refractivity contribution in [2.45, 2.75) is 19.4 Å². The van der Waals surface area contributed by atoms with E-state index in [1.807, 2.05) is 0 Å². The summed E-state index contributed by atoms with van der Waals surface area (Å²) in [6.07, 6.45) is -0.881. The van der Waals surface area contributed by atoms with Crippen molar-refractivity contribution >= 4 is 0 Å². The minimum Gasteiger partial charge on any atom is -0.415 e. The number of halogens is 3. The van der Waals surface area contributed by atoms with Gasteiger partial charge in [0.1, 0.15) is 5.82 Å². The molecule has 124 valence electrons. The molecule has 0 spiro atoms. The number of alkyl halides is 2. The highest BCUT2D eigenvalue weighted by Gasteiger charge is 2.17. The Morgan fingerprint density at radius 3 is 2.67 bits per heavy atom. The quantitative estimate of drug-likeness (QED) is 0.718. The maximum absolute atomic E-state index is 13.1. The summed E-state index contributed by atoms with van der Waals surface area (Å²) in [4.78, 5) is 12.1. The topological polar surface area (TPSA) is 60.9 Å². The van der Waals surface area contributed by atoms with E-state index in [-0.39, 0.29) is 22.8 Å². The molecule has 0 fully saturated rings. The summed E-state index contributed by atoms with van der Waals surface area (Å²) < 4.78 is 44.2. The Labute approximate surface area is 134 Å². The highest BCUT2D eigenvalue weighted by atomic mass is 19.3. The number of aryl methyl sites for hydroxylation is 2. The van der Waals surface area contributed by atoms with Crippen molar-refractivity contribution in [1.29, 1.82) is 0 Å². The van der Waals surface area contributed by atoms with Gasteiger partial charge < -0.3 is 8.98 Å². The number of aromatic nitrogens is 3. The van der Waals surface area contributed by atoms with Crippen molar-refractivity contribution in [3.8, 4) is 11.5 Å². The second kappa shape index (κ2) is 6.69. The van der Waals surface area contributed by atoms with Crippen LogP contribution >= 0.6 is 0 Å². The van der Waals surface area contributed by atoms with Crippen molar-refractivity contribution in [2.75, 3.05) is 0 Å². The molecular weight excluding hydrogens is 323 g/mol. The van der Waals surface area contributed by atoms with E-state index in [4.69, 9.17) is 4.42 Å². The van der Waals surface area contributed by atoms with E-state index in [0.29, 0.717) is 13.0 Å². The molecular formula is C16H12F3N3O2. The van der Waals surface area contributed by atoms with Gasteiger partial charge in [0.15, 0.2) is 0 Å². The maximum atomic E-state index is 13.1. The second-order valence-corrected chi connectivity index (χ2v) is 5.07. The van der Waals surface area contributed by atoms with E-state index in [2.05, 4.69) is 10.2 Å². The third-order valence-electron chi connectivity index (χ3n) is 3.40. The minimum atomic E-state index is -2.86. The number of rotatable bonds is 5. The van der Waals surface area contributed by atoms with Crippen LogP contribution in [0.2, 0.25) is 0 Å². The van der Waals surface area contributed by atoms with Crippen molar-refractivity contribution in [2.24, 2.45) is 0 Å². The van der Waals surface area contributed by atoms with Gasteiger partial charge in [-0.3, -0.25) is 4.79 Å². The molecule has 0 saturated carbocycles. The zero-order valence-electron chi connectivity index (χ0n) is 12.3. The third-order valence-corrected chi connectivity index (χ3v) is 3.40. The van der Waals surface area contributed by atoms with Crippen LogP contribution in [-0.4, -0.2) is 14.8 Å². The SMILES string of the molecule is O=c1cc(-c2nnc(C(F)F)o2)ccn1CCc1cccc(F)c1. The molecule has 5 nitrogen and oxygen atoms in total. The van der Waals surface area contributed by atoms with E-state index in [0.717, 1.165) is 5.56 Å². The fourth-order valence-electron chi connectivity index (χ4n) is 2.21. The summed E-state index contributed by atoms with van der Waals surface area (Å²) in [6.45, 7) is 0.356. The zero-order valence-corrected chi connectivity index (χ0v) is 12.3. The predicted octanol–water partition coefficient (Wildman–Crippen LogP) is 3.22. The third kappa shape index (κ3) is 3.53. The lowest BCUT2D eigenvalue weighted by molar-refractivity contribution is 0.116. The molecule has 0 aliphatic rings. The highest BCUT2D eigenvalue weighted by molar-refractivity contribution is 5.50. The van der Waals surface area contributed by atoms with Gasteiger partial charge in [-0.1, -0.05) is 12.1 Å². The summed E-state index contributed by atoms with van der Waals surface area (Å²) in [5.41, 5.74) is 0.687. The Bertz CT molecular complexity index is 905. The van der Waals surface area contributed by atoms with Crippen LogP contribution < -0.4 is 5.56 Å². The van der Waals surface area contributed by atoms with Crippen LogP contribution in [-0.2, 0) is 13.0 Å². The summed E-state index contributed by atoms with van der Waals surface area (Å²) >= 11 is 0. The smallest absolute Gasteiger partial charge is 0.314 e. The molecule has 0 aliphatic carbocycles. The lowest BCUT2D eigenvalue weighted by Crippen LogP contribution is -2.19. The van der Waals surface area contributed by atoms with E-state index >= 15 is 0 Å². The van der Waals surface area contributed by atoms with Crippen LogP contribution in [0, 0.1) is 5.82 Å². The lowest BCUT2D eigenvalue weighted by Gasteiger charge is -2.06. The van der Waals surface area contributed by atoms with Crippen molar-refractivity contribution < 1.29 is 17.6 Å². The fraction of sp³-hybridized carbons (Fsp3) is 0.188. The summed E-state index contributed by atoms with van der Waals surface area (Å²) in [5.74, 6) is -1.26. The molecule has 2 aromatic heterocycles. The van der Waals surface area contributed by atoms with Gasteiger partial charge in [0.05, 0.1) is 0 Å². The number of benzene rings is 1. The van der Waals surface area contributed by atoms with Crippen molar-refractivity contribution in [3.63, 3.8) is 0 Å². The molecule has 2 heterocycles. The minimum absolute atomic E-state index is 0.139. The molecule has 8 heteroatoms. The Morgan fingerprint density at radius 1 is 1.17 bits per heavy atom. The summed E-state index contributed by atoms with van der Waals surface area (Å²) in [6, 6.07) is 8.88. The van der Waals surface area contributed by atoms with Gasteiger partial charge in [-0.2, -0.15) is 8.78 Å². The van der Waals surface area contributed by atoms with Gasteiger partial charge in [-0.25, -0.2) is 4.39 Å². The maximum Gasteiger partial charge on any atom is 0.314 e. The number of hydrogen-bond donors (Lipinski definition) is 0. The predicted molar refractivity (Wildman–Crippen MR) is 79.1 cm³/mol. The lowest BCUT2D eigenvalue weighted by atomic mass is 10.1. The largest absolute Gasteiger partial charge is 0.415 e. The van der Waals surface area contributed by atoms with E-state index in [1.54, 1.807) is 12.1 Å². The van der Waals surface area contributed by atoms with Crippen LogP contribution in [0.15, 0.2) is 51.8 Å². The average molecular weight is 335 g/mol. The van der Waals surface area contributed by atoms with Crippen LogP contribution in [0.1, 0.15) is 17.9 Å². The molecule has 0 radical (unpaired) electrons. The molecule has 0 amide bonds. The monoisotopic (exact) mass is 335 g/mol. The molecule has 1 aromatic carbocycles. The fourth-order valence-corrected chi connectivity index (χ4v) is 2.21. The van der Waals surface area contributed by atoms with Gasteiger partial charge in [0.25, 0.3) is 11.4 Å². The van der Waals surface area contributed by atoms with Gasteiger partial charge in [0, 0.05) is 24.4 Å². The van der Waals surface area contributed by atoms with Gasteiger partial charge in [0.2, 0.25) is 5.89 Å². The first-order chi connectivity index (χ1) is 11.5. The molecule has 3 aromatic rings. The second-order valence-electron chi connectivity index (χ2n) is 5.07. The molecule has 0 unspecified atom stereocenters. The number of hydrogen-bond acceptors (Lipinski definition) is 4. The summed E-state index contributed by atoms with van der Waals surface area (Å²) in [7, 11) is 0. The van der Waals surface area contributed by atoms with Crippen LogP contribution in [0.3, 0.4) is 0 Å². The van der Waals surface area contributed by atoms with Gasteiger partial charge >= 0.3 is 6.43 Å². The standard InChI is InChI=1S/C16H12F3N3O2/c17-12-3-1-2-10(8-12)4-6-22-7-5-11(9-13(22)23)15-20-21-16(24-15)14(18)19/h1-3,5,7-9,14H,4,6H2.